The number of aliphatic imine (C=N–C) groups is 1. The predicted octanol–water partition coefficient (Wildman–Crippen LogP) is 2.70. The molecule has 0 radical (unpaired) electrons. The molecule has 0 aliphatic rings. The van der Waals surface area contributed by atoms with Gasteiger partial charge in [-0.3, -0.25) is 9.79 Å². The predicted molar refractivity (Wildman–Crippen MR) is 98.4 cm³/mol. The van der Waals surface area contributed by atoms with Crippen LogP contribution in [0.4, 0.5) is 0 Å². The Labute approximate surface area is 145 Å². The van der Waals surface area contributed by atoms with Crippen LogP contribution in [0.1, 0.15) is 56.2 Å². The van der Waals surface area contributed by atoms with E-state index in [2.05, 4.69) is 41.7 Å². The van der Waals surface area contributed by atoms with Gasteiger partial charge in [0.05, 0.1) is 6.26 Å². The second kappa shape index (κ2) is 11.5. The van der Waals surface area contributed by atoms with Gasteiger partial charge in [-0.15, -0.1) is 0 Å². The van der Waals surface area contributed by atoms with Crippen molar-refractivity contribution in [2.45, 2.75) is 47.0 Å². The molecular weight excluding hydrogens is 304 g/mol. The molecule has 1 aromatic heterocycles. The van der Waals surface area contributed by atoms with Gasteiger partial charge >= 0.3 is 0 Å². The molecule has 1 heterocycles. The molecule has 0 bridgehead atoms. The summed E-state index contributed by atoms with van der Waals surface area (Å²) in [7, 11) is 0. The average molecular weight is 336 g/mol. The standard InChI is InChI=1S/C18H32N4O2/c1-5-15(6-2)13-22-18(19-7-3)21-11-8-10-20-17(23)16-14(4)9-12-24-16/h9,12,15H,5-8,10-11,13H2,1-4H3,(H,20,23)(H2,19,21,22). The summed E-state index contributed by atoms with van der Waals surface area (Å²) in [4.78, 5) is 16.5. The molecule has 1 rings (SSSR count). The Morgan fingerprint density at radius 3 is 2.46 bits per heavy atom. The number of nitrogens with one attached hydrogen (secondary N) is 3. The largest absolute Gasteiger partial charge is 0.459 e. The first-order valence-corrected chi connectivity index (χ1v) is 8.96. The number of guanidine groups is 1. The van der Waals surface area contributed by atoms with E-state index >= 15 is 0 Å². The molecule has 0 saturated heterocycles. The van der Waals surface area contributed by atoms with Crippen molar-refractivity contribution in [3.05, 3.63) is 23.7 Å². The highest BCUT2D eigenvalue weighted by atomic mass is 16.3. The number of rotatable bonds is 10. The van der Waals surface area contributed by atoms with Crippen LogP contribution in [0.3, 0.4) is 0 Å². The van der Waals surface area contributed by atoms with Crippen LogP contribution >= 0.6 is 0 Å². The van der Waals surface area contributed by atoms with Gasteiger partial charge in [0.2, 0.25) is 0 Å². The normalized spacial score (nSPS) is 11.6. The highest BCUT2D eigenvalue weighted by molar-refractivity contribution is 5.92. The minimum Gasteiger partial charge on any atom is -0.459 e. The summed E-state index contributed by atoms with van der Waals surface area (Å²) < 4.78 is 5.17. The molecular formula is C18H32N4O2. The van der Waals surface area contributed by atoms with Gasteiger partial charge in [0.15, 0.2) is 11.7 Å². The third kappa shape index (κ3) is 7.06. The van der Waals surface area contributed by atoms with E-state index in [0.717, 1.165) is 50.4 Å². The zero-order valence-corrected chi connectivity index (χ0v) is 15.4. The van der Waals surface area contributed by atoms with Crippen LogP contribution in [-0.2, 0) is 0 Å². The lowest BCUT2D eigenvalue weighted by molar-refractivity contribution is 0.0925. The number of aryl methyl sites for hydroxylation is 1. The molecule has 0 saturated carbocycles. The van der Waals surface area contributed by atoms with Crippen molar-refractivity contribution in [1.29, 1.82) is 0 Å². The van der Waals surface area contributed by atoms with Crippen LogP contribution in [0.25, 0.3) is 0 Å². The maximum absolute atomic E-state index is 11.9. The molecule has 3 N–H and O–H groups in total. The maximum atomic E-state index is 11.9. The Kier molecular flexibility index (Phi) is 9.65. The van der Waals surface area contributed by atoms with Gasteiger partial charge in [-0.1, -0.05) is 26.7 Å². The van der Waals surface area contributed by atoms with Crippen LogP contribution in [0, 0.1) is 12.8 Å². The molecule has 1 amide bonds. The highest BCUT2D eigenvalue weighted by Crippen LogP contribution is 2.08. The molecule has 0 fully saturated rings. The fourth-order valence-electron chi connectivity index (χ4n) is 2.29. The molecule has 6 heteroatoms. The lowest BCUT2D eigenvalue weighted by Gasteiger charge is -2.14. The Morgan fingerprint density at radius 1 is 1.17 bits per heavy atom. The molecule has 136 valence electrons. The van der Waals surface area contributed by atoms with Crippen molar-refractivity contribution < 1.29 is 9.21 Å². The number of hydrogen-bond donors (Lipinski definition) is 3. The Bertz CT molecular complexity index is 507. The maximum Gasteiger partial charge on any atom is 0.287 e. The fourth-order valence-corrected chi connectivity index (χ4v) is 2.29. The van der Waals surface area contributed by atoms with Crippen LogP contribution in [0.15, 0.2) is 21.7 Å². The minimum atomic E-state index is -0.160. The molecule has 0 aromatic carbocycles. The first kappa shape index (κ1) is 20.1. The average Bonchev–Trinajstić information content (AvgIpc) is 3.01. The Morgan fingerprint density at radius 2 is 1.88 bits per heavy atom. The third-order valence-corrected chi connectivity index (χ3v) is 4.01. The van der Waals surface area contributed by atoms with Crippen LogP contribution in [0.5, 0.6) is 0 Å². The number of nitrogens with zero attached hydrogens (tertiary/aromatic N) is 1. The summed E-state index contributed by atoms with van der Waals surface area (Å²) in [5.74, 6) is 1.71. The zero-order valence-electron chi connectivity index (χ0n) is 15.4. The fraction of sp³-hybridized carbons (Fsp3) is 0.667. The van der Waals surface area contributed by atoms with Crippen LogP contribution in [-0.4, -0.2) is 38.0 Å². The number of carbonyl (C=O) groups excluding carboxylic acids is 1. The van der Waals surface area contributed by atoms with E-state index in [1.54, 1.807) is 6.07 Å². The highest BCUT2D eigenvalue weighted by Gasteiger charge is 2.11. The number of amides is 1. The minimum absolute atomic E-state index is 0.160. The van der Waals surface area contributed by atoms with Crippen molar-refractivity contribution in [3.8, 4) is 0 Å². The second-order valence-corrected chi connectivity index (χ2v) is 5.87. The van der Waals surface area contributed by atoms with Gasteiger partial charge in [-0.25, -0.2) is 0 Å². The number of furan rings is 1. The third-order valence-electron chi connectivity index (χ3n) is 4.01. The molecule has 0 atom stereocenters. The van der Waals surface area contributed by atoms with E-state index in [-0.39, 0.29) is 5.91 Å². The van der Waals surface area contributed by atoms with Gasteiger partial charge in [0.25, 0.3) is 5.91 Å². The van der Waals surface area contributed by atoms with Crippen LogP contribution in [0.2, 0.25) is 0 Å². The van der Waals surface area contributed by atoms with Gasteiger partial charge in [-0.05, 0) is 32.3 Å². The van der Waals surface area contributed by atoms with E-state index in [1.807, 2.05) is 6.92 Å². The monoisotopic (exact) mass is 336 g/mol. The van der Waals surface area contributed by atoms with Gasteiger partial charge in [-0.2, -0.15) is 0 Å². The lowest BCUT2D eigenvalue weighted by atomic mass is 10.0. The summed E-state index contributed by atoms with van der Waals surface area (Å²) >= 11 is 0. The molecule has 0 unspecified atom stereocenters. The Balaban J connectivity index is 2.28. The zero-order chi connectivity index (χ0) is 17.8. The Hall–Kier alpha value is -1.98. The number of hydrogen-bond acceptors (Lipinski definition) is 3. The van der Waals surface area contributed by atoms with E-state index in [9.17, 15) is 4.79 Å². The quantitative estimate of drug-likeness (QED) is 0.349. The first-order chi connectivity index (χ1) is 11.6. The van der Waals surface area contributed by atoms with Crippen molar-refractivity contribution >= 4 is 11.9 Å². The lowest BCUT2D eigenvalue weighted by Crippen LogP contribution is -2.39. The van der Waals surface area contributed by atoms with E-state index in [4.69, 9.17) is 4.42 Å². The summed E-state index contributed by atoms with van der Waals surface area (Å²) in [6.07, 6.45) is 4.65. The summed E-state index contributed by atoms with van der Waals surface area (Å²) in [6.45, 7) is 11.4. The second-order valence-electron chi connectivity index (χ2n) is 5.87. The molecule has 0 spiro atoms. The topological polar surface area (TPSA) is 78.7 Å². The first-order valence-electron chi connectivity index (χ1n) is 8.96. The molecule has 24 heavy (non-hydrogen) atoms. The van der Waals surface area contributed by atoms with Crippen molar-refractivity contribution in [2.75, 3.05) is 26.2 Å². The molecule has 1 aromatic rings. The molecule has 6 nitrogen and oxygen atoms in total. The smallest absolute Gasteiger partial charge is 0.287 e. The summed E-state index contributed by atoms with van der Waals surface area (Å²) in [5, 5.41) is 9.43. The van der Waals surface area contributed by atoms with Crippen molar-refractivity contribution in [2.24, 2.45) is 10.9 Å². The summed E-state index contributed by atoms with van der Waals surface area (Å²) in [5.41, 5.74) is 0.855. The molecule has 0 aliphatic carbocycles. The number of carbonyl (C=O) groups is 1. The summed E-state index contributed by atoms with van der Waals surface area (Å²) in [6, 6.07) is 1.79. The SMILES string of the molecule is CCNC(=NCC(CC)CC)NCCCNC(=O)c1occc1C. The van der Waals surface area contributed by atoms with E-state index in [1.165, 1.54) is 6.26 Å². The van der Waals surface area contributed by atoms with Crippen molar-refractivity contribution in [1.82, 2.24) is 16.0 Å². The molecule has 0 aliphatic heterocycles. The van der Waals surface area contributed by atoms with Gasteiger partial charge < -0.3 is 20.4 Å². The van der Waals surface area contributed by atoms with Gasteiger partial charge in [0.1, 0.15) is 0 Å². The van der Waals surface area contributed by atoms with E-state index in [0.29, 0.717) is 18.2 Å². The van der Waals surface area contributed by atoms with Crippen LogP contribution < -0.4 is 16.0 Å². The van der Waals surface area contributed by atoms with Crippen molar-refractivity contribution in [3.63, 3.8) is 0 Å². The van der Waals surface area contributed by atoms with Gasteiger partial charge in [0, 0.05) is 31.7 Å². The van der Waals surface area contributed by atoms with E-state index < -0.39 is 0 Å².